The van der Waals surface area contributed by atoms with E-state index in [0.717, 1.165) is 7.05 Å². The number of halogens is 5. The van der Waals surface area contributed by atoms with Crippen molar-refractivity contribution in [3.63, 3.8) is 0 Å². The standard InChI is InChI=1S/C10H16F5NO2.C3H4NO3.Fm/c1-8(2,3)18-7(17)5-16(4)6-9(11,12)10(13,14)15;5-2-4-1-3(6)7;/h5-6H2,1-4H3;1H2,(H,4,5)(H,6,7);/q;-1;. The first-order valence-electron chi connectivity index (χ1n) is 6.68. The maximum absolute atomic E-state index is 12.7. The molecule has 160 valence electrons. The number of nitrogens with zero attached hydrogens (tertiary/aromatic N) is 1. The molecule has 0 aromatic carbocycles. The number of amides is 1. The van der Waals surface area contributed by atoms with Gasteiger partial charge in [0.2, 0.25) is 0 Å². The molecular formula is C13H20F5FmN2O5-. The van der Waals surface area contributed by atoms with Crippen LogP contribution < -0.4 is 5.32 Å². The van der Waals surface area contributed by atoms with E-state index in [1.165, 1.54) is 6.41 Å². The van der Waals surface area contributed by atoms with Gasteiger partial charge in [-0.25, -0.2) is 0 Å². The second-order valence-corrected chi connectivity index (χ2v) is 5.81. The van der Waals surface area contributed by atoms with E-state index in [1.807, 2.05) is 5.32 Å². The number of hydrogen-bond donors (Lipinski definition) is 2. The summed E-state index contributed by atoms with van der Waals surface area (Å²) in [5.74, 6) is -6.78. The van der Waals surface area contributed by atoms with Crippen molar-refractivity contribution in [3.8, 4) is 0 Å². The van der Waals surface area contributed by atoms with Gasteiger partial charge < -0.3 is 20.0 Å². The van der Waals surface area contributed by atoms with Gasteiger partial charge in [0.1, 0.15) is 5.60 Å². The molecule has 0 aliphatic carbocycles. The number of carboxylic acids is 1. The molecule has 7 nitrogen and oxygen atoms in total. The number of esters is 1. The topological polar surface area (TPSA) is 95.9 Å². The minimum absolute atomic E-state index is 0. The van der Waals surface area contributed by atoms with Gasteiger partial charge in [-0.15, -0.1) is 0 Å². The van der Waals surface area contributed by atoms with Crippen LogP contribution in [0, 0.1) is 0 Å². The number of ether oxygens (including phenoxy) is 1. The second kappa shape index (κ2) is 10.8. The van der Waals surface area contributed by atoms with Crippen molar-refractivity contribution in [2.45, 2.75) is 38.5 Å². The Morgan fingerprint density at radius 2 is 1.62 bits per heavy atom. The summed E-state index contributed by atoms with van der Waals surface area (Å²) in [6.45, 7) is 2.11. The Bertz CT molecular complexity index is 455. The summed E-state index contributed by atoms with van der Waals surface area (Å²) < 4.78 is 65.8. The zero-order valence-corrected chi connectivity index (χ0v) is 16.7. The zero-order chi connectivity index (χ0) is 20.5. The van der Waals surface area contributed by atoms with Gasteiger partial charge in [0.05, 0.1) is 19.6 Å². The van der Waals surface area contributed by atoms with Crippen molar-refractivity contribution in [2.75, 3.05) is 26.7 Å². The number of likely N-dealkylation sites (N-methyl/N-ethyl adjacent to an activating group) is 1. The van der Waals surface area contributed by atoms with Crippen molar-refractivity contribution in [1.29, 1.82) is 0 Å². The van der Waals surface area contributed by atoms with Gasteiger partial charge in [0, 0.05) is 0 Å². The van der Waals surface area contributed by atoms with Gasteiger partial charge >= 0.3 is 24.0 Å². The summed E-state index contributed by atoms with van der Waals surface area (Å²) in [7, 11) is 0.990. The zero-order valence-electron chi connectivity index (χ0n) is 14.3. The predicted octanol–water partition coefficient (Wildman–Crippen LogP) is 1.19. The van der Waals surface area contributed by atoms with E-state index in [0.29, 0.717) is 4.90 Å². The van der Waals surface area contributed by atoms with E-state index in [-0.39, 0.29) is 6.54 Å². The second-order valence-electron chi connectivity index (χ2n) is 5.81. The third kappa shape index (κ3) is 14.6. The summed E-state index contributed by atoms with van der Waals surface area (Å²) in [5, 5.41) is 9.65. The smallest absolute Gasteiger partial charge is 0.454 e. The van der Waals surface area contributed by atoms with Crippen molar-refractivity contribution in [2.24, 2.45) is 0 Å². The molecule has 0 saturated carbocycles. The minimum Gasteiger partial charge on any atom is -0.521 e. The molecule has 26 heavy (non-hydrogen) atoms. The molecule has 0 saturated heterocycles. The van der Waals surface area contributed by atoms with Gasteiger partial charge in [-0.2, -0.15) is 28.4 Å². The number of alkyl halides is 5. The summed E-state index contributed by atoms with van der Waals surface area (Å²) in [6, 6.07) is 0. The Kier molecular flexibility index (Phi) is 11.6. The molecule has 0 aliphatic rings. The fourth-order valence-electron chi connectivity index (χ4n) is 1.19. The van der Waals surface area contributed by atoms with Crippen molar-refractivity contribution >= 4 is 18.3 Å². The molecule has 1 amide bonds. The first-order valence-corrected chi connectivity index (χ1v) is 6.68. The van der Waals surface area contributed by atoms with Crippen molar-refractivity contribution in [3.05, 3.63) is 0 Å². The molecule has 0 rings (SSSR count). The molecule has 0 heterocycles. The normalized spacial score (nSPS) is 11.6. The monoisotopic (exact) mass is 636 g/mol. The Morgan fingerprint density at radius 3 is 1.88 bits per heavy atom. The molecule has 0 spiro atoms. The SMILES string of the molecule is CN(CC(=O)OC(C)(C)C)CC(F)(F)C(F)(F)F.O=[C-]NCC(=O)O.[Fm]. The van der Waals surface area contributed by atoms with Gasteiger partial charge in [-0.3, -0.25) is 14.5 Å². The van der Waals surface area contributed by atoms with E-state index in [2.05, 4.69) is 0 Å². The molecule has 0 aromatic rings. The largest absolute Gasteiger partial charge is 0.521 e. The average Bonchev–Trinajstić information content (AvgIpc) is 2.31. The van der Waals surface area contributed by atoms with Crippen LogP contribution in [0.25, 0.3) is 0 Å². The number of aliphatic carboxylic acids is 1. The fraction of sp³-hybridized carbons (Fsp3) is 0.769. The maximum Gasteiger partial charge on any atom is 0.454 e. The number of rotatable bonds is 7. The van der Waals surface area contributed by atoms with Gasteiger partial charge in [-0.1, -0.05) is 0 Å². The number of nitrogens with one attached hydrogen (secondary N) is 1. The Morgan fingerprint density at radius 1 is 1.15 bits per heavy atom. The maximum atomic E-state index is 12.7. The van der Waals surface area contributed by atoms with E-state index in [9.17, 15) is 36.3 Å². The minimum atomic E-state index is -5.63. The third-order valence-electron chi connectivity index (χ3n) is 2.01. The van der Waals surface area contributed by atoms with Crippen LogP contribution in [0.3, 0.4) is 0 Å². The summed E-state index contributed by atoms with van der Waals surface area (Å²) in [4.78, 5) is 30.5. The van der Waals surface area contributed by atoms with Crippen LogP contribution in [0.1, 0.15) is 20.8 Å². The molecular weight excluding hydrogens is 616 g/mol. The Labute approximate surface area is 141 Å². The van der Waals surface area contributed by atoms with E-state index < -0.39 is 42.7 Å². The van der Waals surface area contributed by atoms with E-state index in [4.69, 9.17) is 9.84 Å². The molecule has 0 atom stereocenters. The summed E-state index contributed by atoms with van der Waals surface area (Å²) >= 11 is 0. The van der Waals surface area contributed by atoms with Crippen LogP contribution in [-0.4, -0.2) is 72.7 Å². The van der Waals surface area contributed by atoms with Crippen LogP contribution in [0.2, 0.25) is 0 Å². The third-order valence-corrected chi connectivity index (χ3v) is 2.01. The molecule has 0 radical (unpaired) electrons. The van der Waals surface area contributed by atoms with Crippen LogP contribution in [0.5, 0.6) is 0 Å². The van der Waals surface area contributed by atoms with Crippen LogP contribution in [0.4, 0.5) is 22.0 Å². The van der Waals surface area contributed by atoms with Gasteiger partial charge in [0.15, 0.2) is 0 Å². The van der Waals surface area contributed by atoms with Gasteiger partial charge in [0.25, 0.3) is 0 Å². The molecule has 13 heteroatoms. The first-order chi connectivity index (χ1) is 11.0. The van der Waals surface area contributed by atoms with Crippen LogP contribution in [-0.2, 0) is 19.1 Å². The number of hydrogen-bond acceptors (Lipinski definition) is 5. The summed E-state index contributed by atoms with van der Waals surface area (Å²) in [5.41, 5.74) is -0.815. The van der Waals surface area contributed by atoms with Gasteiger partial charge in [-0.05, 0) is 27.8 Å². The van der Waals surface area contributed by atoms with Crippen LogP contribution >= 0.6 is 0 Å². The first kappa shape index (κ1) is 27.8. The van der Waals surface area contributed by atoms with Crippen LogP contribution in [0.15, 0.2) is 0 Å². The fourth-order valence-corrected chi connectivity index (χ4v) is 1.19. The quantitative estimate of drug-likeness (QED) is 0.189. The molecule has 0 unspecified atom stereocenters. The predicted molar refractivity (Wildman–Crippen MR) is 75.7 cm³/mol. The van der Waals surface area contributed by atoms with Crippen molar-refractivity contribution in [1.82, 2.24) is 10.2 Å². The number of carbonyl (C=O) groups excluding carboxylic acids is 2. The molecule has 0 aromatic heterocycles. The number of carbonyl (C=O) groups is 2. The molecule has 0 bridgehead atoms. The summed E-state index contributed by atoms with van der Waals surface area (Å²) in [6.07, 6.45) is -4.41. The van der Waals surface area contributed by atoms with E-state index >= 15 is 0 Å². The molecule has 2 N–H and O–H groups in total. The number of carboxylic acid groups (broad SMARTS) is 1. The Balaban J connectivity index is -0.000000561. The Hall–Kier alpha value is -2.98. The van der Waals surface area contributed by atoms with Crippen molar-refractivity contribution < 1.29 is 46.2 Å². The molecule has 0 fully saturated rings. The molecule has 0 aliphatic heterocycles. The van der Waals surface area contributed by atoms with E-state index in [1.54, 1.807) is 20.8 Å². The average molecular weight is 636 g/mol.